The summed E-state index contributed by atoms with van der Waals surface area (Å²) in [6.07, 6.45) is 6.24. The molecule has 0 atom stereocenters. The summed E-state index contributed by atoms with van der Waals surface area (Å²) >= 11 is 0. The van der Waals surface area contributed by atoms with Gasteiger partial charge in [-0.25, -0.2) is 9.59 Å². The number of carbonyl (C=O) groups excluding carboxylic acids is 3. The van der Waals surface area contributed by atoms with Crippen LogP contribution in [0, 0.1) is 5.21 Å². The van der Waals surface area contributed by atoms with E-state index in [1.54, 1.807) is 0 Å². The number of pyridine rings is 1. The lowest BCUT2D eigenvalue weighted by molar-refractivity contribution is -0.605. The Morgan fingerprint density at radius 2 is 1.86 bits per heavy atom. The number of esters is 1. The monoisotopic (exact) mass is 307 g/mol. The molecule has 1 aromatic heterocycles. The predicted molar refractivity (Wildman–Crippen MR) is 74.6 cm³/mol. The van der Waals surface area contributed by atoms with Crippen LogP contribution in [0.1, 0.15) is 36.0 Å². The number of nitrogens with zero attached hydrogens (tertiary/aromatic N) is 1. The van der Waals surface area contributed by atoms with E-state index < -0.39 is 24.5 Å². The van der Waals surface area contributed by atoms with Crippen LogP contribution in [-0.2, 0) is 9.53 Å². The first-order valence-corrected chi connectivity index (χ1v) is 7.01. The molecule has 1 fully saturated rings. The van der Waals surface area contributed by atoms with Crippen molar-refractivity contribution < 1.29 is 23.9 Å². The summed E-state index contributed by atoms with van der Waals surface area (Å²) in [4.78, 5) is 34.7. The van der Waals surface area contributed by atoms with Crippen molar-refractivity contribution in [3.63, 3.8) is 0 Å². The van der Waals surface area contributed by atoms with E-state index in [9.17, 15) is 19.6 Å². The molecule has 0 unspecified atom stereocenters. The maximum absolute atomic E-state index is 11.6. The minimum atomic E-state index is -0.744. The van der Waals surface area contributed by atoms with Gasteiger partial charge in [0.1, 0.15) is 0 Å². The fraction of sp³-hybridized carbons (Fsp3) is 0.429. The average Bonchev–Trinajstić information content (AvgIpc) is 2.98. The first-order chi connectivity index (χ1) is 10.5. The molecular formula is C14H17N3O5. The number of amides is 3. The largest absolute Gasteiger partial charge is 0.619 e. The highest BCUT2D eigenvalue weighted by molar-refractivity contribution is 5.97. The van der Waals surface area contributed by atoms with Crippen molar-refractivity contribution in [2.24, 2.45) is 0 Å². The number of hydrogen-bond acceptors (Lipinski definition) is 5. The lowest BCUT2D eigenvalue weighted by atomic mass is 10.2. The fourth-order valence-corrected chi connectivity index (χ4v) is 2.22. The van der Waals surface area contributed by atoms with Gasteiger partial charge in [0.2, 0.25) is 0 Å². The van der Waals surface area contributed by atoms with Gasteiger partial charge < -0.3 is 15.3 Å². The molecule has 118 valence electrons. The summed E-state index contributed by atoms with van der Waals surface area (Å²) in [5.41, 5.74) is 0.148. The highest BCUT2D eigenvalue weighted by Crippen LogP contribution is 2.17. The van der Waals surface area contributed by atoms with E-state index in [1.807, 2.05) is 0 Å². The highest BCUT2D eigenvalue weighted by atomic mass is 16.5. The molecule has 0 saturated heterocycles. The zero-order chi connectivity index (χ0) is 15.9. The minimum absolute atomic E-state index is 0.0958. The van der Waals surface area contributed by atoms with Crippen molar-refractivity contribution in [2.45, 2.75) is 31.7 Å². The Kier molecular flexibility index (Phi) is 5.29. The van der Waals surface area contributed by atoms with Crippen LogP contribution in [0.5, 0.6) is 0 Å². The second kappa shape index (κ2) is 7.39. The third kappa shape index (κ3) is 4.72. The van der Waals surface area contributed by atoms with Crippen LogP contribution in [0.2, 0.25) is 0 Å². The number of hydrogen-bond donors (Lipinski definition) is 2. The third-order valence-electron chi connectivity index (χ3n) is 3.32. The number of ether oxygens (including phenoxy) is 1. The number of nitrogens with one attached hydrogen (secondary N) is 2. The van der Waals surface area contributed by atoms with Crippen LogP contribution < -0.4 is 15.4 Å². The molecule has 1 saturated carbocycles. The molecule has 1 heterocycles. The second-order valence-corrected chi connectivity index (χ2v) is 5.03. The van der Waals surface area contributed by atoms with Crippen molar-refractivity contribution >= 4 is 17.9 Å². The number of rotatable bonds is 4. The van der Waals surface area contributed by atoms with Gasteiger partial charge in [-0.15, -0.1) is 0 Å². The van der Waals surface area contributed by atoms with Gasteiger partial charge in [-0.1, -0.05) is 12.8 Å². The van der Waals surface area contributed by atoms with Gasteiger partial charge >= 0.3 is 12.0 Å². The summed E-state index contributed by atoms with van der Waals surface area (Å²) in [5, 5.41) is 15.6. The molecule has 0 aliphatic heterocycles. The summed E-state index contributed by atoms with van der Waals surface area (Å²) in [7, 11) is 0. The molecule has 1 aromatic rings. The number of urea groups is 1. The van der Waals surface area contributed by atoms with Gasteiger partial charge in [0.15, 0.2) is 19.0 Å². The van der Waals surface area contributed by atoms with Crippen LogP contribution in [0.25, 0.3) is 0 Å². The van der Waals surface area contributed by atoms with Gasteiger partial charge in [0.25, 0.3) is 5.91 Å². The van der Waals surface area contributed by atoms with E-state index in [4.69, 9.17) is 4.74 Å². The molecule has 8 heteroatoms. The molecule has 1 aliphatic carbocycles. The van der Waals surface area contributed by atoms with E-state index in [2.05, 4.69) is 10.6 Å². The van der Waals surface area contributed by atoms with Crippen LogP contribution in [0.4, 0.5) is 4.79 Å². The molecule has 0 spiro atoms. The standard InChI is InChI=1S/C14H17N3O5/c18-12(16-14(20)15-11-3-1-2-4-11)9-22-13(19)10-5-7-17(21)8-6-10/h5-8,11H,1-4,9H2,(H2,15,16,18,20). The van der Waals surface area contributed by atoms with E-state index in [1.165, 1.54) is 12.1 Å². The first-order valence-electron chi connectivity index (χ1n) is 7.01. The van der Waals surface area contributed by atoms with Gasteiger partial charge in [0.05, 0.1) is 5.56 Å². The molecule has 0 aromatic carbocycles. The summed E-state index contributed by atoms with van der Waals surface area (Å²) in [6.45, 7) is -0.566. The van der Waals surface area contributed by atoms with E-state index >= 15 is 0 Å². The summed E-state index contributed by atoms with van der Waals surface area (Å²) in [5.74, 6) is -1.45. The molecule has 3 amide bonds. The summed E-state index contributed by atoms with van der Waals surface area (Å²) in [6, 6.07) is 2.07. The number of aromatic nitrogens is 1. The Hall–Kier alpha value is -2.64. The Balaban J connectivity index is 1.71. The number of imide groups is 1. The maximum atomic E-state index is 11.6. The SMILES string of the molecule is O=C(COC(=O)c1cc[n+]([O-])cc1)NC(=O)NC1CCCC1. The second-order valence-electron chi connectivity index (χ2n) is 5.03. The molecule has 1 aliphatic rings. The van der Waals surface area contributed by atoms with Crippen molar-refractivity contribution in [3.8, 4) is 0 Å². The topological polar surface area (TPSA) is 111 Å². The first kappa shape index (κ1) is 15.7. The quantitative estimate of drug-likeness (QED) is 0.470. The van der Waals surface area contributed by atoms with E-state index in [0.717, 1.165) is 38.1 Å². The van der Waals surface area contributed by atoms with Crippen LogP contribution in [-0.4, -0.2) is 30.6 Å². The highest BCUT2D eigenvalue weighted by Gasteiger charge is 2.18. The van der Waals surface area contributed by atoms with Gasteiger partial charge in [-0.05, 0) is 12.8 Å². The van der Waals surface area contributed by atoms with Gasteiger partial charge in [-0.3, -0.25) is 10.1 Å². The zero-order valence-electron chi connectivity index (χ0n) is 11.9. The molecule has 0 radical (unpaired) electrons. The van der Waals surface area contributed by atoms with E-state index in [0.29, 0.717) is 4.73 Å². The van der Waals surface area contributed by atoms with Crippen molar-refractivity contribution in [1.82, 2.24) is 10.6 Å². The number of carbonyl (C=O) groups is 3. The lowest BCUT2D eigenvalue weighted by Gasteiger charge is -2.12. The maximum Gasteiger partial charge on any atom is 0.339 e. The summed E-state index contributed by atoms with van der Waals surface area (Å²) < 4.78 is 5.28. The van der Waals surface area contributed by atoms with Crippen molar-refractivity contribution in [1.29, 1.82) is 0 Å². The fourth-order valence-electron chi connectivity index (χ4n) is 2.22. The zero-order valence-corrected chi connectivity index (χ0v) is 11.9. The minimum Gasteiger partial charge on any atom is -0.619 e. The molecule has 2 N–H and O–H groups in total. The van der Waals surface area contributed by atoms with E-state index in [-0.39, 0.29) is 11.6 Å². The lowest BCUT2D eigenvalue weighted by Crippen LogP contribution is -2.45. The molecular weight excluding hydrogens is 290 g/mol. The molecule has 8 nitrogen and oxygen atoms in total. The van der Waals surface area contributed by atoms with Gasteiger partial charge in [0, 0.05) is 18.2 Å². The normalized spacial score (nSPS) is 14.4. The molecule has 22 heavy (non-hydrogen) atoms. The molecule has 2 rings (SSSR count). The van der Waals surface area contributed by atoms with Crippen LogP contribution >= 0.6 is 0 Å². The van der Waals surface area contributed by atoms with Crippen LogP contribution in [0.15, 0.2) is 24.5 Å². The third-order valence-corrected chi connectivity index (χ3v) is 3.32. The van der Waals surface area contributed by atoms with Crippen LogP contribution in [0.3, 0.4) is 0 Å². The predicted octanol–water partition coefficient (Wildman–Crippen LogP) is 0.245. The average molecular weight is 307 g/mol. The Bertz CT molecular complexity index is 552. The van der Waals surface area contributed by atoms with Gasteiger partial charge in [-0.2, -0.15) is 4.73 Å². The Morgan fingerprint density at radius 1 is 1.23 bits per heavy atom. The van der Waals surface area contributed by atoms with Crippen molar-refractivity contribution in [3.05, 3.63) is 35.3 Å². The Labute approximate surface area is 127 Å². The Morgan fingerprint density at radius 3 is 2.50 bits per heavy atom. The van der Waals surface area contributed by atoms with Crippen molar-refractivity contribution in [2.75, 3.05) is 6.61 Å². The molecule has 0 bridgehead atoms. The smallest absolute Gasteiger partial charge is 0.339 e.